The molecule has 2 heterocycles. The third-order valence-electron chi connectivity index (χ3n) is 3.42. The number of hydrogen-bond acceptors (Lipinski definition) is 3. The Balaban J connectivity index is 1.74. The Kier molecular flexibility index (Phi) is 3.39. The molecule has 0 aliphatic carbocycles. The topological polar surface area (TPSA) is 31.9 Å². The standard InChI is InChI=1S/C14H17N3S/c1-18-14-12-10-17(8-7-13(12)15-16-14)9-11-5-3-2-4-6-11/h2-6H,7-10H2,1H3,(H,15,16). The van der Waals surface area contributed by atoms with Crippen LogP contribution in [0, 0.1) is 0 Å². The molecule has 1 aromatic carbocycles. The average molecular weight is 259 g/mol. The second-order valence-electron chi connectivity index (χ2n) is 4.64. The number of hydrogen-bond donors (Lipinski definition) is 1. The molecule has 0 saturated carbocycles. The summed E-state index contributed by atoms with van der Waals surface area (Å²) in [7, 11) is 0. The van der Waals surface area contributed by atoms with Gasteiger partial charge in [0.15, 0.2) is 0 Å². The van der Waals surface area contributed by atoms with Crippen molar-refractivity contribution in [1.29, 1.82) is 0 Å². The second kappa shape index (κ2) is 5.16. The smallest absolute Gasteiger partial charge is 0.122 e. The normalized spacial score (nSPS) is 15.6. The van der Waals surface area contributed by atoms with E-state index in [9.17, 15) is 0 Å². The van der Waals surface area contributed by atoms with Crippen molar-refractivity contribution in [3.8, 4) is 0 Å². The summed E-state index contributed by atoms with van der Waals surface area (Å²) in [5.74, 6) is 0. The van der Waals surface area contributed by atoms with Gasteiger partial charge < -0.3 is 0 Å². The maximum absolute atomic E-state index is 4.37. The molecule has 2 aromatic rings. The van der Waals surface area contributed by atoms with Crippen LogP contribution in [0.2, 0.25) is 0 Å². The Bertz CT molecular complexity index is 508. The Morgan fingerprint density at radius 1 is 1.33 bits per heavy atom. The van der Waals surface area contributed by atoms with Crippen molar-refractivity contribution >= 4 is 11.8 Å². The van der Waals surface area contributed by atoms with Crippen LogP contribution < -0.4 is 0 Å². The summed E-state index contributed by atoms with van der Waals surface area (Å²) >= 11 is 1.73. The van der Waals surface area contributed by atoms with Gasteiger partial charge in [0.2, 0.25) is 0 Å². The molecule has 18 heavy (non-hydrogen) atoms. The maximum Gasteiger partial charge on any atom is 0.122 e. The van der Waals surface area contributed by atoms with E-state index in [0.717, 1.165) is 31.1 Å². The molecule has 0 spiro atoms. The first-order chi connectivity index (χ1) is 8.86. The SMILES string of the molecule is CSc1n[nH]c2c1CN(Cc1ccccc1)CC2. The van der Waals surface area contributed by atoms with Crippen LogP contribution in [0.25, 0.3) is 0 Å². The van der Waals surface area contributed by atoms with E-state index in [-0.39, 0.29) is 0 Å². The number of thioether (sulfide) groups is 1. The molecule has 94 valence electrons. The Morgan fingerprint density at radius 3 is 2.94 bits per heavy atom. The molecule has 3 rings (SSSR count). The van der Waals surface area contributed by atoms with Crippen molar-refractivity contribution in [2.24, 2.45) is 0 Å². The summed E-state index contributed by atoms with van der Waals surface area (Å²) in [6, 6.07) is 10.7. The van der Waals surface area contributed by atoms with E-state index in [1.54, 1.807) is 11.8 Å². The molecular weight excluding hydrogens is 242 g/mol. The molecular formula is C14H17N3S. The first-order valence-corrected chi connectivity index (χ1v) is 7.45. The van der Waals surface area contributed by atoms with E-state index in [4.69, 9.17) is 0 Å². The second-order valence-corrected chi connectivity index (χ2v) is 5.43. The molecule has 1 aliphatic heterocycles. The highest BCUT2D eigenvalue weighted by molar-refractivity contribution is 7.98. The van der Waals surface area contributed by atoms with Gasteiger partial charge in [0.05, 0.1) is 0 Å². The largest absolute Gasteiger partial charge is 0.294 e. The predicted octanol–water partition coefficient (Wildman–Crippen LogP) is 2.69. The van der Waals surface area contributed by atoms with Crippen LogP contribution in [0.15, 0.2) is 35.4 Å². The van der Waals surface area contributed by atoms with Gasteiger partial charge in [-0.1, -0.05) is 30.3 Å². The van der Waals surface area contributed by atoms with Crippen LogP contribution in [0.5, 0.6) is 0 Å². The molecule has 1 aliphatic rings. The Labute approximate surface area is 112 Å². The highest BCUT2D eigenvalue weighted by Crippen LogP contribution is 2.26. The number of fused-ring (bicyclic) bond motifs is 1. The molecule has 0 bridgehead atoms. The van der Waals surface area contributed by atoms with Gasteiger partial charge >= 0.3 is 0 Å². The first-order valence-electron chi connectivity index (χ1n) is 6.23. The average Bonchev–Trinajstić information content (AvgIpc) is 2.82. The van der Waals surface area contributed by atoms with Crippen LogP contribution in [0.1, 0.15) is 16.8 Å². The number of benzene rings is 1. The van der Waals surface area contributed by atoms with Crippen molar-refractivity contribution in [2.75, 3.05) is 12.8 Å². The molecule has 4 heteroatoms. The minimum absolute atomic E-state index is 1.01. The van der Waals surface area contributed by atoms with Gasteiger partial charge in [-0.3, -0.25) is 10.00 Å². The molecule has 0 fully saturated rings. The van der Waals surface area contributed by atoms with Gasteiger partial charge in [0.1, 0.15) is 5.03 Å². The molecule has 0 atom stereocenters. The number of rotatable bonds is 3. The minimum Gasteiger partial charge on any atom is -0.294 e. The fourth-order valence-corrected chi connectivity index (χ4v) is 3.04. The lowest BCUT2D eigenvalue weighted by atomic mass is 10.1. The van der Waals surface area contributed by atoms with Gasteiger partial charge in [0.25, 0.3) is 0 Å². The van der Waals surface area contributed by atoms with E-state index >= 15 is 0 Å². The van der Waals surface area contributed by atoms with E-state index in [1.165, 1.54) is 16.8 Å². The number of aromatic nitrogens is 2. The molecule has 0 saturated heterocycles. The molecule has 1 N–H and O–H groups in total. The van der Waals surface area contributed by atoms with Gasteiger partial charge in [-0.15, -0.1) is 11.8 Å². The highest BCUT2D eigenvalue weighted by Gasteiger charge is 2.21. The van der Waals surface area contributed by atoms with Gasteiger partial charge in [-0.2, -0.15) is 5.10 Å². The monoisotopic (exact) mass is 259 g/mol. The predicted molar refractivity (Wildman–Crippen MR) is 74.6 cm³/mol. The molecule has 3 nitrogen and oxygen atoms in total. The number of nitrogens with zero attached hydrogens (tertiary/aromatic N) is 2. The molecule has 0 radical (unpaired) electrons. The number of H-pyrrole nitrogens is 1. The number of nitrogens with one attached hydrogen (secondary N) is 1. The van der Waals surface area contributed by atoms with Crippen molar-refractivity contribution in [1.82, 2.24) is 15.1 Å². The zero-order valence-corrected chi connectivity index (χ0v) is 11.3. The zero-order chi connectivity index (χ0) is 12.4. The van der Waals surface area contributed by atoms with Crippen LogP contribution >= 0.6 is 11.8 Å². The van der Waals surface area contributed by atoms with Gasteiger partial charge in [-0.05, 0) is 11.8 Å². The summed E-state index contributed by atoms with van der Waals surface area (Å²) in [4.78, 5) is 2.49. The third kappa shape index (κ3) is 2.31. The molecule has 1 aromatic heterocycles. The van der Waals surface area contributed by atoms with E-state index in [2.05, 4.69) is 51.7 Å². The first kappa shape index (κ1) is 11.8. The van der Waals surface area contributed by atoms with Crippen LogP contribution in [-0.4, -0.2) is 27.9 Å². The molecule has 0 unspecified atom stereocenters. The summed E-state index contributed by atoms with van der Waals surface area (Å²) in [6.45, 7) is 3.15. The zero-order valence-electron chi connectivity index (χ0n) is 10.5. The minimum atomic E-state index is 1.01. The maximum atomic E-state index is 4.37. The quantitative estimate of drug-likeness (QED) is 0.860. The molecule has 0 amide bonds. The summed E-state index contributed by atoms with van der Waals surface area (Å²) in [5.41, 5.74) is 4.10. The summed E-state index contributed by atoms with van der Waals surface area (Å²) in [6.07, 6.45) is 3.17. The van der Waals surface area contributed by atoms with Crippen molar-refractivity contribution in [2.45, 2.75) is 24.5 Å². The lowest BCUT2D eigenvalue weighted by Gasteiger charge is -2.26. The fraction of sp³-hybridized carbons (Fsp3) is 0.357. The lowest BCUT2D eigenvalue weighted by molar-refractivity contribution is 0.243. The lowest BCUT2D eigenvalue weighted by Crippen LogP contribution is -2.29. The van der Waals surface area contributed by atoms with E-state index in [0.29, 0.717) is 0 Å². The van der Waals surface area contributed by atoms with Crippen LogP contribution in [0.3, 0.4) is 0 Å². The fourth-order valence-electron chi connectivity index (χ4n) is 2.47. The summed E-state index contributed by atoms with van der Waals surface area (Å²) in [5, 5.41) is 8.69. The van der Waals surface area contributed by atoms with Crippen molar-refractivity contribution in [3.63, 3.8) is 0 Å². The van der Waals surface area contributed by atoms with Gasteiger partial charge in [0, 0.05) is 37.3 Å². The van der Waals surface area contributed by atoms with Gasteiger partial charge in [-0.25, -0.2) is 0 Å². The number of aromatic amines is 1. The van der Waals surface area contributed by atoms with Crippen LogP contribution in [0.4, 0.5) is 0 Å². The van der Waals surface area contributed by atoms with Crippen LogP contribution in [-0.2, 0) is 19.5 Å². The van der Waals surface area contributed by atoms with E-state index < -0.39 is 0 Å². The Hall–Kier alpha value is -1.26. The third-order valence-corrected chi connectivity index (χ3v) is 4.14. The highest BCUT2D eigenvalue weighted by atomic mass is 32.2. The Morgan fingerprint density at radius 2 is 2.17 bits per heavy atom. The van der Waals surface area contributed by atoms with Crippen molar-refractivity contribution in [3.05, 3.63) is 47.2 Å². The summed E-state index contributed by atoms with van der Waals surface area (Å²) < 4.78 is 0. The van der Waals surface area contributed by atoms with Crippen molar-refractivity contribution < 1.29 is 0 Å². The van der Waals surface area contributed by atoms with E-state index in [1.807, 2.05) is 0 Å².